The molecular formula is C20H21N3O5. The molecule has 0 aliphatic rings. The standard InChI is InChI=1S/C20H21N3O5/c1-23(12-18-21-22-19(28-18)13-8-6-5-7-9-13)20(24)14-10-16(26-3)17(27-4)11-15(14)25-2/h5-11H,12H2,1-4H3. The molecule has 1 heterocycles. The predicted octanol–water partition coefficient (Wildman–Crippen LogP) is 3.03. The van der Waals surface area contributed by atoms with Crippen molar-refractivity contribution in [2.45, 2.75) is 6.54 Å². The van der Waals surface area contributed by atoms with Gasteiger partial charge in [-0.05, 0) is 12.1 Å². The van der Waals surface area contributed by atoms with Gasteiger partial charge in [-0.1, -0.05) is 18.2 Å². The molecule has 28 heavy (non-hydrogen) atoms. The maximum Gasteiger partial charge on any atom is 0.257 e. The van der Waals surface area contributed by atoms with Crippen molar-refractivity contribution in [1.29, 1.82) is 0 Å². The first kappa shape index (κ1) is 19.2. The van der Waals surface area contributed by atoms with Gasteiger partial charge in [-0.2, -0.15) is 0 Å². The molecule has 0 spiro atoms. The van der Waals surface area contributed by atoms with Gasteiger partial charge in [-0.15, -0.1) is 10.2 Å². The molecule has 0 fully saturated rings. The number of carbonyl (C=O) groups is 1. The Morgan fingerprint density at radius 2 is 1.61 bits per heavy atom. The summed E-state index contributed by atoms with van der Waals surface area (Å²) in [6, 6.07) is 12.6. The lowest BCUT2D eigenvalue weighted by Gasteiger charge is -2.18. The Kier molecular flexibility index (Phi) is 5.78. The fraction of sp³-hybridized carbons (Fsp3) is 0.250. The third-order valence-corrected chi connectivity index (χ3v) is 4.14. The minimum atomic E-state index is -0.280. The van der Waals surface area contributed by atoms with E-state index in [9.17, 15) is 4.79 Å². The van der Waals surface area contributed by atoms with E-state index in [4.69, 9.17) is 18.6 Å². The predicted molar refractivity (Wildman–Crippen MR) is 102 cm³/mol. The van der Waals surface area contributed by atoms with E-state index in [-0.39, 0.29) is 12.5 Å². The molecule has 0 radical (unpaired) electrons. The van der Waals surface area contributed by atoms with E-state index in [0.717, 1.165) is 5.56 Å². The van der Waals surface area contributed by atoms with Crippen LogP contribution in [0.3, 0.4) is 0 Å². The maximum atomic E-state index is 12.9. The molecule has 3 aromatic rings. The molecule has 1 amide bonds. The molecule has 0 N–H and O–H groups in total. The van der Waals surface area contributed by atoms with Crippen molar-refractivity contribution in [1.82, 2.24) is 15.1 Å². The lowest BCUT2D eigenvalue weighted by atomic mass is 10.1. The van der Waals surface area contributed by atoms with E-state index in [1.54, 1.807) is 19.2 Å². The summed E-state index contributed by atoms with van der Waals surface area (Å²) >= 11 is 0. The van der Waals surface area contributed by atoms with E-state index in [0.29, 0.717) is 34.6 Å². The number of hydrogen-bond acceptors (Lipinski definition) is 7. The second kappa shape index (κ2) is 8.43. The van der Waals surface area contributed by atoms with Gasteiger partial charge in [0.05, 0.1) is 33.4 Å². The highest BCUT2D eigenvalue weighted by Gasteiger charge is 2.22. The summed E-state index contributed by atoms with van der Waals surface area (Å²) in [6.45, 7) is 0.149. The van der Waals surface area contributed by atoms with Crippen molar-refractivity contribution >= 4 is 5.91 Å². The van der Waals surface area contributed by atoms with E-state index in [1.165, 1.54) is 26.2 Å². The molecule has 8 nitrogen and oxygen atoms in total. The van der Waals surface area contributed by atoms with E-state index in [1.807, 2.05) is 30.3 Å². The fourth-order valence-electron chi connectivity index (χ4n) is 2.69. The monoisotopic (exact) mass is 383 g/mol. The minimum absolute atomic E-state index is 0.149. The molecule has 0 aliphatic heterocycles. The Labute approximate surface area is 162 Å². The van der Waals surface area contributed by atoms with Gasteiger partial charge < -0.3 is 23.5 Å². The molecule has 146 valence electrons. The summed E-state index contributed by atoms with van der Waals surface area (Å²) in [6.07, 6.45) is 0. The van der Waals surface area contributed by atoms with E-state index >= 15 is 0 Å². The molecule has 2 aromatic carbocycles. The van der Waals surface area contributed by atoms with Crippen molar-refractivity contribution in [3.05, 3.63) is 53.9 Å². The van der Waals surface area contributed by atoms with Gasteiger partial charge >= 0.3 is 0 Å². The van der Waals surface area contributed by atoms with Crippen LogP contribution in [0.1, 0.15) is 16.2 Å². The van der Waals surface area contributed by atoms with Crippen LogP contribution in [0.2, 0.25) is 0 Å². The normalized spacial score (nSPS) is 10.4. The van der Waals surface area contributed by atoms with Crippen molar-refractivity contribution in [3.63, 3.8) is 0 Å². The van der Waals surface area contributed by atoms with Gasteiger partial charge in [-0.25, -0.2) is 0 Å². The average molecular weight is 383 g/mol. The number of hydrogen-bond donors (Lipinski definition) is 0. The van der Waals surface area contributed by atoms with Crippen molar-refractivity contribution in [3.8, 4) is 28.7 Å². The Morgan fingerprint density at radius 1 is 0.964 bits per heavy atom. The molecule has 0 unspecified atom stereocenters. The van der Waals surface area contributed by atoms with Gasteiger partial charge in [0.15, 0.2) is 11.5 Å². The van der Waals surface area contributed by atoms with Gasteiger partial charge in [0.2, 0.25) is 11.8 Å². The molecule has 0 atom stereocenters. The van der Waals surface area contributed by atoms with Crippen LogP contribution in [0.25, 0.3) is 11.5 Å². The third-order valence-electron chi connectivity index (χ3n) is 4.14. The van der Waals surface area contributed by atoms with Crippen LogP contribution in [0.15, 0.2) is 46.9 Å². The highest BCUT2D eigenvalue weighted by atomic mass is 16.5. The first-order valence-corrected chi connectivity index (χ1v) is 8.50. The Balaban J connectivity index is 1.81. The van der Waals surface area contributed by atoms with Gasteiger partial charge in [0, 0.05) is 24.7 Å². The average Bonchev–Trinajstić information content (AvgIpc) is 3.21. The quantitative estimate of drug-likeness (QED) is 0.620. The van der Waals surface area contributed by atoms with Crippen LogP contribution in [0.5, 0.6) is 17.2 Å². The Morgan fingerprint density at radius 3 is 2.25 bits per heavy atom. The Bertz CT molecular complexity index is 956. The minimum Gasteiger partial charge on any atom is -0.496 e. The van der Waals surface area contributed by atoms with Gasteiger partial charge in [0.25, 0.3) is 5.91 Å². The fourth-order valence-corrected chi connectivity index (χ4v) is 2.69. The van der Waals surface area contributed by atoms with Crippen LogP contribution < -0.4 is 14.2 Å². The molecule has 0 saturated heterocycles. The highest BCUT2D eigenvalue weighted by molar-refractivity contribution is 5.97. The zero-order valence-electron chi connectivity index (χ0n) is 16.1. The number of amides is 1. The molecule has 1 aromatic heterocycles. The first-order valence-electron chi connectivity index (χ1n) is 8.50. The van der Waals surface area contributed by atoms with Crippen LogP contribution in [-0.2, 0) is 6.54 Å². The largest absolute Gasteiger partial charge is 0.496 e. The molecule has 8 heteroatoms. The summed E-state index contributed by atoms with van der Waals surface area (Å²) in [7, 11) is 6.16. The topological polar surface area (TPSA) is 86.9 Å². The third kappa shape index (κ3) is 3.90. The van der Waals surface area contributed by atoms with Crippen molar-refractivity contribution < 1.29 is 23.4 Å². The number of ether oxygens (including phenoxy) is 3. The number of rotatable bonds is 7. The number of carbonyl (C=O) groups excluding carboxylic acids is 1. The molecular weight excluding hydrogens is 362 g/mol. The SMILES string of the molecule is COc1cc(OC)c(C(=O)N(C)Cc2nnc(-c3ccccc3)o2)cc1OC. The second-order valence-corrected chi connectivity index (χ2v) is 5.94. The van der Waals surface area contributed by atoms with Crippen LogP contribution in [0.4, 0.5) is 0 Å². The van der Waals surface area contributed by atoms with Gasteiger partial charge in [-0.3, -0.25) is 4.79 Å². The summed E-state index contributed by atoms with van der Waals surface area (Å²) in [5, 5.41) is 8.07. The summed E-state index contributed by atoms with van der Waals surface area (Å²) in [5.41, 5.74) is 1.15. The lowest BCUT2D eigenvalue weighted by Crippen LogP contribution is -2.26. The zero-order chi connectivity index (χ0) is 20.1. The van der Waals surface area contributed by atoms with Crippen LogP contribution >= 0.6 is 0 Å². The van der Waals surface area contributed by atoms with E-state index in [2.05, 4.69) is 10.2 Å². The highest BCUT2D eigenvalue weighted by Crippen LogP contribution is 2.35. The zero-order valence-corrected chi connectivity index (χ0v) is 16.1. The second-order valence-electron chi connectivity index (χ2n) is 5.94. The van der Waals surface area contributed by atoms with Crippen molar-refractivity contribution in [2.75, 3.05) is 28.4 Å². The molecule has 0 aliphatic carbocycles. The Hall–Kier alpha value is -3.55. The molecule has 0 bridgehead atoms. The number of nitrogens with zero attached hydrogens (tertiary/aromatic N) is 3. The van der Waals surface area contributed by atoms with E-state index < -0.39 is 0 Å². The molecule has 3 rings (SSSR count). The van der Waals surface area contributed by atoms with Crippen LogP contribution in [-0.4, -0.2) is 49.4 Å². The number of benzene rings is 2. The van der Waals surface area contributed by atoms with Crippen LogP contribution in [0, 0.1) is 0 Å². The smallest absolute Gasteiger partial charge is 0.257 e. The lowest BCUT2D eigenvalue weighted by molar-refractivity contribution is 0.0769. The van der Waals surface area contributed by atoms with Gasteiger partial charge in [0.1, 0.15) is 5.75 Å². The summed E-state index contributed by atoms with van der Waals surface area (Å²) in [4.78, 5) is 14.4. The summed E-state index contributed by atoms with van der Waals surface area (Å²) < 4.78 is 21.5. The summed E-state index contributed by atoms with van der Waals surface area (Å²) in [5.74, 6) is 1.74. The number of methoxy groups -OCH3 is 3. The first-order chi connectivity index (χ1) is 13.6. The maximum absolute atomic E-state index is 12.9. The molecule has 0 saturated carbocycles. The number of aromatic nitrogens is 2. The van der Waals surface area contributed by atoms with Crippen molar-refractivity contribution in [2.24, 2.45) is 0 Å².